The summed E-state index contributed by atoms with van der Waals surface area (Å²) in [5.41, 5.74) is 5.81. The zero-order valence-electron chi connectivity index (χ0n) is 9.78. The van der Waals surface area contributed by atoms with Crippen molar-refractivity contribution in [2.45, 2.75) is 17.4 Å². The van der Waals surface area contributed by atoms with Crippen LogP contribution in [0.15, 0.2) is 27.8 Å². The Kier molecular flexibility index (Phi) is 6.57. The van der Waals surface area contributed by atoms with Gasteiger partial charge in [0.2, 0.25) is 5.89 Å². The number of hydrogen-bond acceptors (Lipinski definition) is 5. The van der Waals surface area contributed by atoms with E-state index in [1.807, 2.05) is 0 Å². The number of benzene rings is 1. The minimum atomic E-state index is -0.336. The van der Waals surface area contributed by atoms with Gasteiger partial charge in [0, 0.05) is 29.3 Å². The second kappa shape index (κ2) is 7.69. The lowest BCUT2D eigenvalue weighted by Crippen LogP contribution is -3.00. The second-order valence-electron chi connectivity index (χ2n) is 3.49. The first-order valence-electron chi connectivity index (χ1n) is 5.29. The van der Waals surface area contributed by atoms with Crippen LogP contribution in [-0.4, -0.2) is 16.7 Å². The Balaban J connectivity index is 0.00000180. The summed E-state index contributed by atoms with van der Waals surface area (Å²) in [5, 5.41) is 8.43. The fraction of sp³-hybridized carbons (Fsp3) is 0.273. The molecular weight excluding hydrogens is 312 g/mol. The van der Waals surface area contributed by atoms with Crippen molar-refractivity contribution in [3.05, 3.63) is 40.5 Å². The maximum atomic E-state index is 13.5. The Hall–Kier alpha value is -0.820. The monoisotopic (exact) mass is 322 g/mol. The SMILES string of the molecule is NCCc1nnc(SCc2c(F)cccc2Cl)o1.[Cl-]. The maximum absolute atomic E-state index is 13.5. The summed E-state index contributed by atoms with van der Waals surface area (Å²) in [7, 11) is 0. The Labute approximate surface area is 125 Å². The van der Waals surface area contributed by atoms with Gasteiger partial charge in [-0.25, -0.2) is 4.39 Å². The average molecular weight is 323 g/mol. The highest BCUT2D eigenvalue weighted by atomic mass is 35.5. The van der Waals surface area contributed by atoms with Crippen molar-refractivity contribution in [2.75, 3.05) is 6.54 Å². The smallest absolute Gasteiger partial charge is 0.276 e. The third kappa shape index (κ3) is 4.35. The Bertz CT molecular complexity index is 518. The number of nitrogens with two attached hydrogens (primary N) is 1. The molecule has 0 aliphatic rings. The van der Waals surface area contributed by atoms with Crippen LogP contribution in [0.1, 0.15) is 11.5 Å². The van der Waals surface area contributed by atoms with Crippen LogP contribution < -0.4 is 18.1 Å². The summed E-state index contributed by atoms with van der Waals surface area (Å²) in [5.74, 6) is 0.492. The molecule has 0 atom stereocenters. The topological polar surface area (TPSA) is 64.9 Å². The number of aromatic nitrogens is 2. The molecule has 0 radical (unpaired) electrons. The lowest BCUT2D eigenvalue weighted by atomic mass is 10.2. The molecule has 0 saturated carbocycles. The van der Waals surface area contributed by atoms with Gasteiger partial charge in [0.1, 0.15) is 5.82 Å². The molecule has 0 spiro atoms. The number of thioether (sulfide) groups is 1. The summed E-state index contributed by atoms with van der Waals surface area (Å²) in [6.45, 7) is 0.450. The lowest BCUT2D eigenvalue weighted by Gasteiger charge is -2.02. The van der Waals surface area contributed by atoms with Crippen molar-refractivity contribution < 1.29 is 21.2 Å². The van der Waals surface area contributed by atoms with Crippen LogP contribution in [0.4, 0.5) is 4.39 Å². The van der Waals surface area contributed by atoms with Crippen LogP contribution in [0.3, 0.4) is 0 Å². The molecule has 2 aromatic rings. The first kappa shape index (κ1) is 16.2. The van der Waals surface area contributed by atoms with E-state index in [2.05, 4.69) is 10.2 Å². The Morgan fingerprint density at radius 3 is 2.84 bits per heavy atom. The van der Waals surface area contributed by atoms with Gasteiger partial charge in [-0.15, -0.1) is 10.2 Å². The van der Waals surface area contributed by atoms with Gasteiger partial charge in [-0.3, -0.25) is 0 Å². The Morgan fingerprint density at radius 2 is 2.16 bits per heavy atom. The summed E-state index contributed by atoms with van der Waals surface area (Å²) >= 11 is 7.16. The molecule has 1 aromatic carbocycles. The van der Waals surface area contributed by atoms with E-state index in [0.29, 0.717) is 40.4 Å². The molecule has 0 saturated heterocycles. The van der Waals surface area contributed by atoms with Gasteiger partial charge in [-0.05, 0) is 12.1 Å². The molecule has 0 amide bonds. The fourth-order valence-electron chi connectivity index (χ4n) is 1.33. The molecule has 2 N–H and O–H groups in total. The van der Waals surface area contributed by atoms with Crippen LogP contribution in [-0.2, 0) is 12.2 Å². The molecule has 1 aromatic heterocycles. The quantitative estimate of drug-likeness (QED) is 0.763. The molecular formula is C11H11Cl2FN3OS-. The standard InChI is InChI=1S/C11H11ClFN3OS.ClH/c12-8-2-1-3-9(13)7(8)6-18-11-16-15-10(17-11)4-5-14;/h1-3H,4-6,14H2;1H/p-1. The van der Waals surface area contributed by atoms with E-state index in [-0.39, 0.29) is 18.2 Å². The normalized spacial score (nSPS) is 10.3. The predicted molar refractivity (Wildman–Crippen MR) is 68.0 cm³/mol. The van der Waals surface area contributed by atoms with Gasteiger partial charge in [-0.1, -0.05) is 29.4 Å². The molecule has 0 bridgehead atoms. The van der Waals surface area contributed by atoms with Crippen molar-refractivity contribution in [1.29, 1.82) is 0 Å². The van der Waals surface area contributed by atoms with Gasteiger partial charge in [0.15, 0.2) is 0 Å². The molecule has 8 heteroatoms. The molecule has 1 heterocycles. The summed E-state index contributed by atoms with van der Waals surface area (Å²) in [6, 6.07) is 4.58. The summed E-state index contributed by atoms with van der Waals surface area (Å²) in [6.07, 6.45) is 0.536. The molecule has 2 rings (SSSR count). The highest BCUT2D eigenvalue weighted by molar-refractivity contribution is 7.98. The van der Waals surface area contributed by atoms with Crippen LogP contribution in [0.25, 0.3) is 0 Å². The third-order valence-corrected chi connectivity index (χ3v) is 3.41. The van der Waals surface area contributed by atoms with Crippen molar-refractivity contribution in [2.24, 2.45) is 5.73 Å². The van der Waals surface area contributed by atoms with E-state index in [9.17, 15) is 4.39 Å². The fourth-order valence-corrected chi connectivity index (χ4v) is 2.45. The molecule has 0 fully saturated rings. The zero-order valence-corrected chi connectivity index (χ0v) is 12.1. The average Bonchev–Trinajstić information content (AvgIpc) is 2.77. The van der Waals surface area contributed by atoms with E-state index < -0.39 is 0 Å². The van der Waals surface area contributed by atoms with E-state index in [4.69, 9.17) is 21.8 Å². The number of rotatable bonds is 5. The van der Waals surface area contributed by atoms with Crippen LogP contribution in [0.5, 0.6) is 0 Å². The van der Waals surface area contributed by atoms with Gasteiger partial charge < -0.3 is 22.6 Å². The van der Waals surface area contributed by atoms with Crippen LogP contribution >= 0.6 is 23.4 Å². The minimum Gasteiger partial charge on any atom is -1.00 e. The third-order valence-electron chi connectivity index (χ3n) is 2.21. The molecule has 19 heavy (non-hydrogen) atoms. The van der Waals surface area contributed by atoms with Crippen molar-refractivity contribution in [1.82, 2.24) is 10.2 Å². The predicted octanol–water partition coefficient (Wildman–Crippen LogP) is -0.340. The summed E-state index contributed by atoms with van der Waals surface area (Å²) in [4.78, 5) is 0. The first-order chi connectivity index (χ1) is 8.70. The van der Waals surface area contributed by atoms with E-state index in [0.717, 1.165) is 0 Å². The highest BCUT2D eigenvalue weighted by Crippen LogP contribution is 2.27. The lowest BCUT2D eigenvalue weighted by molar-refractivity contribution is -0.00000497. The number of halogens is 3. The largest absolute Gasteiger partial charge is 1.00 e. The maximum Gasteiger partial charge on any atom is 0.276 e. The molecule has 0 aliphatic carbocycles. The summed E-state index contributed by atoms with van der Waals surface area (Å²) < 4.78 is 18.8. The van der Waals surface area contributed by atoms with Crippen molar-refractivity contribution in [3.8, 4) is 0 Å². The van der Waals surface area contributed by atoms with Crippen molar-refractivity contribution in [3.63, 3.8) is 0 Å². The van der Waals surface area contributed by atoms with Gasteiger partial charge in [0.05, 0.1) is 0 Å². The number of hydrogen-bond donors (Lipinski definition) is 1. The molecule has 104 valence electrons. The Morgan fingerprint density at radius 1 is 1.37 bits per heavy atom. The zero-order chi connectivity index (χ0) is 13.0. The minimum absolute atomic E-state index is 0. The molecule has 0 unspecified atom stereocenters. The van der Waals surface area contributed by atoms with Crippen LogP contribution in [0, 0.1) is 5.82 Å². The van der Waals surface area contributed by atoms with Gasteiger partial charge in [0.25, 0.3) is 5.22 Å². The molecule has 0 aliphatic heterocycles. The van der Waals surface area contributed by atoms with E-state index in [1.165, 1.54) is 17.8 Å². The van der Waals surface area contributed by atoms with E-state index in [1.54, 1.807) is 12.1 Å². The van der Waals surface area contributed by atoms with E-state index >= 15 is 0 Å². The second-order valence-corrected chi connectivity index (χ2v) is 4.82. The highest BCUT2D eigenvalue weighted by Gasteiger charge is 2.11. The van der Waals surface area contributed by atoms with Gasteiger partial charge in [-0.2, -0.15) is 0 Å². The van der Waals surface area contributed by atoms with Crippen molar-refractivity contribution >= 4 is 23.4 Å². The number of nitrogens with zero attached hydrogens (tertiary/aromatic N) is 2. The van der Waals surface area contributed by atoms with Gasteiger partial charge >= 0.3 is 0 Å². The van der Waals surface area contributed by atoms with Crippen LogP contribution in [0.2, 0.25) is 5.02 Å². The first-order valence-corrected chi connectivity index (χ1v) is 6.65. The molecule has 4 nitrogen and oxygen atoms in total.